The predicted molar refractivity (Wildman–Crippen MR) is 96.8 cm³/mol. The van der Waals surface area contributed by atoms with Crippen LogP contribution in [-0.2, 0) is 22.6 Å². The van der Waals surface area contributed by atoms with Crippen molar-refractivity contribution in [1.82, 2.24) is 14.8 Å². The number of amides is 1. The van der Waals surface area contributed by atoms with E-state index in [2.05, 4.69) is 34.1 Å². The Hall–Kier alpha value is -2.24. The van der Waals surface area contributed by atoms with E-state index in [-0.39, 0.29) is 12.0 Å². The van der Waals surface area contributed by atoms with Gasteiger partial charge in [-0.2, -0.15) is 0 Å². The Balaban J connectivity index is 1.49. The predicted octanol–water partition coefficient (Wildman–Crippen LogP) is 2.33. The van der Waals surface area contributed by atoms with Crippen molar-refractivity contribution in [3.05, 3.63) is 66.0 Å². The summed E-state index contributed by atoms with van der Waals surface area (Å²) >= 11 is 0. The number of ether oxygens (including phenoxy) is 1. The SMILES string of the molecule is CN(Cc1ccccn1)C(=O)CC1CN(Cc2ccccc2)CCO1. The lowest BCUT2D eigenvalue weighted by Crippen LogP contribution is -2.44. The van der Waals surface area contributed by atoms with Crippen LogP contribution in [0.5, 0.6) is 0 Å². The summed E-state index contributed by atoms with van der Waals surface area (Å²) in [5.74, 6) is 0.0946. The molecule has 1 aliphatic rings. The molecule has 1 unspecified atom stereocenters. The van der Waals surface area contributed by atoms with Gasteiger partial charge in [0.15, 0.2) is 0 Å². The molecule has 132 valence electrons. The van der Waals surface area contributed by atoms with Crippen molar-refractivity contribution >= 4 is 5.91 Å². The van der Waals surface area contributed by atoms with E-state index < -0.39 is 0 Å². The minimum absolute atomic E-state index is 0.0452. The Kier molecular flexibility index (Phi) is 6.14. The zero-order chi connectivity index (χ0) is 17.5. The minimum Gasteiger partial charge on any atom is -0.375 e. The maximum absolute atomic E-state index is 12.5. The topological polar surface area (TPSA) is 45.7 Å². The second kappa shape index (κ2) is 8.74. The second-order valence-corrected chi connectivity index (χ2v) is 6.49. The van der Waals surface area contributed by atoms with Crippen LogP contribution in [0.4, 0.5) is 0 Å². The van der Waals surface area contributed by atoms with Gasteiger partial charge in [0, 0.05) is 32.9 Å². The van der Waals surface area contributed by atoms with E-state index in [0.717, 1.165) is 25.3 Å². The summed E-state index contributed by atoms with van der Waals surface area (Å²) in [6, 6.07) is 16.2. The van der Waals surface area contributed by atoms with Crippen LogP contribution in [0.25, 0.3) is 0 Å². The largest absolute Gasteiger partial charge is 0.375 e. The van der Waals surface area contributed by atoms with E-state index in [4.69, 9.17) is 4.74 Å². The number of rotatable bonds is 6. The second-order valence-electron chi connectivity index (χ2n) is 6.49. The van der Waals surface area contributed by atoms with E-state index in [9.17, 15) is 4.79 Å². The summed E-state index contributed by atoms with van der Waals surface area (Å²) in [6.45, 7) is 3.80. The number of carbonyl (C=O) groups is 1. The van der Waals surface area contributed by atoms with Gasteiger partial charge in [0.05, 0.1) is 31.4 Å². The molecule has 2 heterocycles. The third-order valence-corrected chi connectivity index (χ3v) is 4.43. The Bertz CT molecular complexity index is 663. The number of nitrogens with zero attached hydrogens (tertiary/aromatic N) is 3. The molecule has 2 aromatic rings. The number of carbonyl (C=O) groups excluding carboxylic acids is 1. The Morgan fingerprint density at radius 1 is 1.24 bits per heavy atom. The number of aromatic nitrogens is 1. The lowest BCUT2D eigenvalue weighted by Gasteiger charge is -2.33. The highest BCUT2D eigenvalue weighted by molar-refractivity contribution is 5.76. The van der Waals surface area contributed by atoms with Crippen molar-refractivity contribution in [3.8, 4) is 0 Å². The molecule has 0 spiro atoms. The third kappa shape index (κ3) is 5.37. The standard InChI is InChI=1S/C20H25N3O2/c1-22(15-18-9-5-6-10-21-18)20(24)13-19-16-23(11-12-25-19)14-17-7-3-2-4-8-17/h2-10,19H,11-16H2,1H3. The van der Waals surface area contributed by atoms with Crippen LogP contribution in [-0.4, -0.2) is 53.5 Å². The van der Waals surface area contributed by atoms with Gasteiger partial charge in [-0.15, -0.1) is 0 Å². The molecule has 25 heavy (non-hydrogen) atoms. The van der Waals surface area contributed by atoms with Gasteiger partial charge in [0.2, 0.25) is 5.91 Å². The molecule has 0 N–H and O–H groups in total. The fraction of sp³-hybridized carbons (Fsp3) is 0.400. The van der Waals surface area contributed by atoms with Crippen LogP contribution in [0.3, 0.4) is 0 Å². The molecule has 1 saturated heterocycles. The first kappa shape index (κ1) is 17.6. The van der Waals surface area contributed by atoms with Crippen molar-refractivity contribution in [1.29, 1.82) is 0 Å². The first-order chi connectivity index (χ1) is 12.2. The summed E-state index contributed by atoms with van der Waals surface area (Å²) in [7, 11) is 1.82. The van der Waals surface area contributed by atoms with Crippen LogP contribution in [0.15, 0.2) is 54.7 Å². The Morgan fingerprint density at radius 3 is 2.80 bits per heavy atom. The molecule has 0 saturated carbocycles. The molecular weight excluding hydrogens is 314 g/mol. The number of hydrogen-bond donors (Lipinski definition) is 0. The van der Waals surface area contributed by atoms with Gasteiger partial charge in [0.25, 0.3) is 0 Å². The third-order valence-electron chi connectivity index (χ3n) is 4.43. The fourth-order valence-corrected chi connectivity index (χ4v) is 3.06. The highest BCUT2D eigenvalue weighted by Gasteiger charge is 2.24. The molecule has 1 aliphatic heterocycles. The summed E-state index contributed by atoms with van der Waals surface area (Å²) < 4.78 is 5.81. The summed E-state index contributed by atoms with van der Waals surface area (Å²) in [4.78, 5) is 20.8. The van der Waals surface area contributed by atoms with E-state index in [1.807, 2.05) is 31.3 Å². The molecule has 3 rings (SSSR count). The van der Waals surface area contributed by atoms with Gasteiger partial charge in [-0.25, -0.2) is 0 Å². The van der Waals surface area contributed by atoms with Crippen LogP contribution < -0.4 is 0 Å². The number of hydrogen-bond acceptors (Lipinski definition) is 4. The fourth-order valence-electron chi connectivity index (χ4n) is 3.06. The molecular formula is C20H25N3O2. The molecule has 1 fully saturated rings. The van der Waals surface area contributed by atoms with Crippen molar-refractivity contribution in [2.45, 2.75) is 25.6 Å². The van der Waals surface area contributed by atoms with Crippen molar-refractivity contribution in [3.63, 3.8) is 0 Å². The average Bonchev–Trinajstić information content (AvgIpc) is 2.63. The number of benzene rings is 1. The Labute approximate surface area is 149 Å². The van der Waals surface area contributed by atoms with Crippen LogP contribution >= 0.6 is 0 Å². The van der Waals surface area contributed by atoms with E-state index in [0.29, 0.717) is 19.6 Å². The van der Waals surface area contributed by atoms with Crippen molar-refractivity contribution in [2.24, 2.45) is 0 Å². The molecule has 1 aromatic heterocycles. The Morgan fingerprint density at radius 2 is 2.04 bits per heavy atom. The van der Waals surface area contributed by atoms with Gasteiger partial charge in [-0.3, -0.25) is 14.7 Å². The molecule has 0 radical (unpaired) electrons. The molecule has 5 nitrogen and oxygen atoms in total. The smallest absolute Gasteiger partial charge is 0.225 e. The summed E-state index contributed by atoms with van der Waals surface area (Å²) in [5, 5.41) is 0. The monoisotopic (exact) mass is 339 g/mol. The first-order valence-corrected chi connectivity index (χ1v) is 8.72. The van der Waals surface area contributed by atoms with Gasteiger partial charge >= 0.3 is 0 Å². The van der Waals surface area contributed by atoms with Gasteiger partial charge in [-0.1, -0.05) is 36.4 Å². The molecule has 0 bridgehead atoms. The lowest BCUT2D eigenvalue weighted by atomic mass is 10.1. The number of pyridine rings is 1. The zero-order valence-corrected chi connectivity index (χ0v) is 14.7. The lowest BCUT2D eigenvalue weighted by molar-refractivity contribution is -0.135. The van der Waals surface area contributed by atoms with Crippen LogP contribution in [0, 0.1) is 0 Å². The van der Waals surface area contributed by atoms with E-state index in [1.54, 1.807) is 11.1 Å². The van der Waals surface area contributed by atoms with Gasteiger partial charge in [-0.05, 0) is 17.7 Å². The maximum Gasteiger partial charge on any atom is 0.225 e. The summed E-state index contributed by atoms with van der Waals surface area (Å²) in [6.07, 6.45) is 2.12. The van der Waals surface area contributed by atoms with Crippen LogP contribution in [0.1, 0.15) is 17.7 Å². The van der Waals surface area contributed by atoms with Gasteiger partial charge < -0.3 is 9.64 Å². The highest BCUT2D eigenvalue weighted by atomic mass is 16.5. The van der Waals surface area contributed by atoms with Crippen LogP contribution in [0.2, 0.25) is 0 Å². The molecule has 1 amide bonds. The van der Waals surface area contributed by atoms with Crippen molar-refractivity contribution < 1.29 is 9.53 Å². The molecule has 0 aliphatic carbocycles. The molecule has 1 atom stereocenters. The highest BCUT2D eigenvalue weighted by Crippen LogP contribution is 2.14. The minimum atomic E-state index is -0.0452. The van der Waals surface area contributed by atoms with Gasteiger partial charge in [0.1, 0.15) is 0 Å². The van der Waals surface area contributed by atoms with E-state index >= 15 is 0 Å². The quantitative estimate of drug-likeness (QED) is 0.810. The summed E-state index contributed by atoms with van der Waals surface area (Å²) in [5.41, 5.74) is 2.19. The first-order valence-electron chi connectivity index (χ1n) is 8.72. The molecule has 5 heteroatoms. The zero-order valence-electron chi connectivity index (χ0n) is 14.7. The maximum atomic E-state index is 12.5. The van der Waals surface area contributed by atoms with Crippen molar-refractivity contribution in [2.75, 3.05) is 26.7 Å². The normalized spacial score (nSPS) is 18.0. The number of morpholine rings is 1. The average molecular weight is 339 g/mol. The molecule has 1 aromatic carbocycles. The van der Waals surface area contributed by atoms with E-state index in [1.165, 1.54) is 5.56 Å².